The Morgan fingerprint density at radius 2 is 1.87 bits per heavy atom. The maximum atomic E-state index is 5.61. The molecule has 0 unspecified atom stereocenters. The lowest BCUT2D eigenvalue weighted by molar-refractivity contribution is 0.148. The predicted octanol–water partition coefficient (Wildman–Crippen LogP) is 6.41. The number of hydrogen-bond donors (Lipinski definition) is 0. The van der Waals surface area contributed by atoms with Crippen molar-refractivity contribution in [3.63, 3.8) is 0 Å². The number of benzene rings is 1. The van der Waals surface area contributed by atoms with E-state index in [-0.39, 0.29) is 0 Å². The van der Waals surface area contributed by atoms with Crippen LogP contribution in [0.25, 0.3) is 0 Å². The lowest BCUT2D eigenvalue weighted by atomic mass is 9.77. The van der Waals surface area contributed by atoms with Gasteiger partial charge in [-0.3, -0.25) is 0 Å². The summed E-state index contributed by atoms with van der Waals surface area (Å²) in [6.07, 6.45) is 15.5. The predicted molar refractivity (Wildman–Crippen MR) is 99.7 cm³/mol. The van der Waals surface area contributed by atoms with E-state index in [0.717, 1.165) is 11.8 Å². The van der Waals surface area contributed by atoms with Crippen molar-refractivity contribution in [2.45, 2.75) is 64.4 Å². The van der Waals surface area contributed by atoms with Gasteiger partial charge in [0, 0.05) is 0 Å². The van der Waals surface area contributed by atoms with Crippen LogP contribution in [0.1, 0.15) is 68.9 Å². The van der Waals surface area contributed by atoms with E-state index in [1.807, 2.05) is 19.1 Å². The van der Waals surface area contributed by atoms with Gasteiger partial charge in [-0.05, 0) is 68.4 Å². The molecule has 2 rings (SSSR count). The summed E-state index contributed by atoms with van der Waals surface area (Å²) in [4.78, 5) is 0. The van der Waals surface area contributed by atoms with E-state index in [9.17, 15) is 0 Å². The molecular formula is C22H32O. The average molecular weight is 312 g/mol. The fraction of sp³-hybridized carbons (Fsp3) is 0.545. The van der Waals surface area contributed by atoms with E-state index in [1.54, 1.807) is 0 Å². The van der Waals surface area contributed by atoms with Gasteiger partial charge in [-0.25, -0.2) is 0 Å². The molecule has 1 aromatic carbocycles. The van der Waals surface area contributed by atoms with Crippen LogP contribution in [0.15, 0.2) is 49.1 Å². The first-order valence-electron chi connectivity index (χ1n) is 9.22. The van der Waals surface area contributed by atoms with Gasteiger partial charge in [0.25, 0.3) is 0 Å². The largest absolute Gasteiger partial charge is 0.373 e. The fourth-order valence-corrected chi connectivity index (χ4v) is 3.56. The first-order chi connectivity index (χ1) is 11.3. The molecule has 1 aromatic rings. The first kappa shape index (κ1) is 18.0. The van der Waals surface area contributed by atoms with Crippen molar-refractivity contribution in [1.29, 1.82) is 0 Å². The Morgan fingerprint density at radius 1 is 1.13 bits per heavy atom. The van der Waals surface area contributed by atoms with Crippen LogP contribution in [-0.2, 0) is 11.3 Å². The van der Waals surface area contributed by atoms with Gasteiger partial charge >= 0.3 is 0 Å². The molecule has 1 saturated carbocycles. The molecule has 0 bridgehead atoms. The van der Waals surface area contributed by atoms with E-state index >= 15 is 0 Å². The third-order valence-electron chi connectivity index (χ3n) is 5.04. The highest BCUT2D eigenvalue weighted by molar-refractivity contribution is 5.25. The number of unbranched alkanes of at least 4 members (excludes halogenated alkanes) is 1. The lowest BCUT2D eigenvalue weighted by Crippen LogP contribution is -2.13. The van der Waals surface area contributed by atoms with Crippen molar-refractivity contribution >= 4 is 0 Å². The molecule has 23 heavy (non-hydrogen) atoms. The van der Waals surface area contributed by atoms with Gasteiger partial charge in [0.05, 0.1) is 13.2 Å². The van der Waals surface area contributed by atoms with Crippen LogP contribution >= 0.6 is 0 Å². The Bertz CT molecular complexity index is 463. The van der Waals surface area contributed by atoms with E-state index < -0.39 is 0 Å². The monoisotopic (exact) mass is 312 g/mol. The normalized spacial score (nSPS) is 21.6. The second-order valence-corrected chi connectivity index (χ2v) is 6.76. The minimum absolute atomic E-state index is 0.702. The van der Waals surface area contributed by atoms with Crippen molar-refractivity contribution in [1.82, 2.24) is 0 Å². The third kappa shape index (κ3) is 6.35. The quantitative estimate of drug-likeness (QED) is 0.378. The average Bonchev–Trinajstić information content (AvgIpc) is 2.60. The van der Waals surface area contributed by atoms with Gasteiger partial charge in [0.1, 0.15) is 0 Å². The van der Waals surface area contributed by atoms with Crippen molar-refractivity contribution in [3.05, 3.63) is 60.2 Å². The molecule has 0 atom stereocenters. The van der Waals surface area contributed by atoms with Gasteiger partial charge in [-0.15, -0.1) is 6.58 Å². The summed E-state index contributed by atoms with van der Waals surface area (Å²) >= 11 is 0. The van der Waals surface area contributed by atoms with E-state index in [4.69, 9.17) is 4.74 Å². The van der Waals surface area contributed by atoms with Crippen LogP contribution in [0, 0.1) is 5.92 Å². The van der Waals surface area contributed by atoms with Crippen molar-refractivity contribution in [2.24, 2.45) is 5.92 Å². The van der Waals surface area contributed by atoms with Crippen molar-refractivity contribution in [3.8, 4) is 0 Å². The second-order valence-electron chi connectivity index (χ2n) is 6.76. The topological polar surface area (TPSA) is 9.23 Å². The highest BCUT2D eigenvalue weighted by atomic mass is 16.5. The van der Waals surface area contributed by atoms with Gasteiger partial charge < -0.3 is 4.74 Å². The number of rotatable bonds is 9. The molecule has 1 nitrogen and oxygen atoms in total. The van der Waals surface area contributed by atoms with Crippen LogP contribution < -0.4 is 0 Å². The molecule has 1 aliphatic carbocycles. The van der Waals surface area contributed by atoms with Gasteiger partial charge in [0.15, 0.2) is 0 Å². The Labute approximate surface area is 142 Å². The molecule has 0 radical (unpaired) electrons. The molecule has 0 N–H and O–H groups in total. The maximum absolute atomic E-state index is 5.61. The molecule has 0 aromatic heterocycles. The number of ether oxygens (including phenoxy) is 1. The summed E-state index contributed by atoms with van der Waals surface area (Å²) in [5.41, 5.74) is 2.79. The Balaban J connectivity index is 1.74. The SMILES string of the molecule is C=CCCCC1CCC(c2ccc(COC/C=C/C)cc2)CC1. The number of hydrogen-bond acceptors (Lipinski definition) is 1. The summed E-state index contributed by atoms with van der Waals surface area (Å²) in [7, 11) is 0. The Hall–Kier alpha value is -1.34. The third-order valence-corrected chi connectivity index (χ3v) is 5.04. The van der Waals surface area contributed by atoms with Crippen LogP contribution in [0.3, 0.4) is 0 Å². The van der Waals surface area contributed by atoms with E-state index in [0.29, 0.717) is 13.2 Å². The minimum Gasteiger partial charge on any atom is -0.373 e. The molecule has 0 spiro atoms. The zero-order valence-corrected chi connectivity index (χ0v) is 14.7. The molecule has 1 fully saturated rings. The van der Waals surface area contributed by atoms with E-state index in [2.05, 4.69) is 36.9 Å². The molecule has 0 saturated heterocycles. The van der Waals surface area contributed by atoms with Crippen molar-refractivity contribution < 1.29 is 4.74 Å². The highest BCUT2D eigenvalue weighted by Crippen LogP contribution is 2.37. The maximum Gasteiger partial charge on any atom is 0.0721 e. The number of allylic oxidation sites excluding steroid dienone is 2. The van der Waals surface area contributed by atoms with Crippen LogP contribution in [0.4, 0.5) is 0 Å². The Morgan fingerprint density at radius 3 is 2.52 bits per heavy atom. The molecular weight excluding hydrogens is 280 g/mol. The first-order valence-corrected chi connectivity index (χ1v) is 9.22. The summed E-state index contributed by atoms with van der Waals surface area (Å²) in [5.74, 6) is 1.72. The highest BCUT2D eigenvalue weighted by Gasteiger charge is 2.21. The van der Waals surface area contributed by atoms with Gasteiger partial charge in [-0.2, -0.15) is 0 Å². The smallest absolute Gasteiger partial charge is 0.0721 e. The van der Waals surface area contributed by atoms with Crippen LogP contribution in [0.5, 0.6) is 0 Å². The van der Waals surface area contributed by atoms with Crippen LogP contribution in [0.2, 0.25) is 0 Å². The van der Waals surface area contributed by atoms with Gasteiger partial charge in [-0.1, -0.05) is 48.9 Å². The van der Waals surface area contributed by atoms with Crippen LogP contribution in [-0.4, -0.2) is 6.61 Å². The zero-order chi connectivity index (χ0) is 16.3. The molecule has 0 amide bonds. The zero-order valence-electron chi connectivity index (χ0n) is 14.7. The summed E-state index contributed by atoms with van der Waals surface area (Å²) in [5, 5.41) is 0. The molecule has 0 aliphatic heterocycles. The minimum atomic E-state index is 0.702. The van der Waals surface area contributed by atoms with E-state index in [1.165, 1.54) is 56.1 Å². The standard InChI is InChI=1S/C22H32O/c1-3-5-7-8-19-9-13-21(14-10-19)22-15-11-20(12-16-22)18-23-17-6-4-2/h3-4,6,11-12,15-16,19,21H,1,5,7-10,13-14,17-18H2,2H3/b6-4+. The lowest BCUT2D eigenvalue weighted by Gasteiger charge is -2.29. The second kappa shape index (κ2) is 10.4. The molecule has 126 valence electrons. The van der Waals surface area contributed by atoms with Gasteiger partial charge in [0.2, 0.25) is 0 Å². The Kier molecular flexibility index (Phi) is 8.17. The molecule has 1 heteroatoms. The summed E-state index contributed by atoms with van der Waals surface area (Å²) in [6.45, 7) is 7.25. The summed E-state index contributed by atoms with van der Waals surface area (Å²) < 4.78 is 5.61. The molecule has 0 heterocycles. The summed E-state index contributed by atoms with van der Waals surface area (Å²) in [6, 6.07) is 9.11. The molecule has 1 aliphatic rings. The fourth-order valence-electron chi connectivity index (χ4n) is 3.56. The van der Waals surface area contributed by atoms with Crippen molar-refractivity contribution in [2.75, 3.05) is 6.61 Å².